The maximum Gasteiger partial charge on any atom is 0.341 e. The molecule has 23 heavy (non-hydrogen) atoms. The molecule has 0 spiro atoms. The third kappa shape index (κ3) is 3.28. The van der Waals surface area contributed by atoms with Crippen molar-refractivity contribution >= 4 is 11.9 Å². The van der Waals surface area contributed by atoms with Gasteiger partial charge in [-0.1, -0.05) is 0 Å². The van der Waals surface area contributed by atoms with Crippen LogP contribution in [0.1, 0.15) is 46.7 Å². The number of carbonyl (C=O) groups excluding carboxylic acids is 2. The van der Waals surface area contributed by atoms with Gasteiger partial charge in [0.2, 0.25) is 0 Å². The van der Waals surface area contributed by atoms with Crippen LogP contribution in [0.15, 0.2) is 35.2 Å². The number of hydrogen-bond donors (Lipinski definition) is 0. The van der Waals surface area contributed by atoms with E-state index < -0.39 is 0 Å². The second-order valence-corrected chi connectivity index (χ2v) is 5.45. The van der Waals surface area contributed by atoms with Crippen molar-refractivity contribution in [3.63, 3.8) is 0 Å². The summed E-state index contributed by atoms with van der Waals surface area (Å²) >= 11 is 0. The summed E-state index contributed by atoms with van der Waals surface area (Å²) in [5.74, 6) is -0.145. The predicted octanol–water partition coefficient (Wildman–Crippen LogP) is 2.13. The Morgan fingerprint density at radius 1 is 1.48 bits per heavy atom. The van der Waals surface area contributed by atoms with Gasteiger partial charge in [0.05, 0.1) is 30.7 Å². The molecule has 122 valence electrons. The van der Waals surface area contributed by atoms with E-state index in [1.807, 2.05) is 0 Å². The molecule has 2 aromatic rings. The van der Waals surface area contributed by atoms with Gasteiger partial charge in [-0.05, 0) is 31.9 Å². The van der Waals surface area contributed by atoms with Gasteiger partial charge < -0.3 is 14.1 Å². The number of furan rings is 1. The number of carbonyl (C=O) groups is 2. The standard InChI is InChI=1S/C16H19N3O4/c1-2-22-16(21)12-9-17-19(10-12)13-5-3-7-18(11-13)15(20)14-6-4-8-23-14/h4,6,8-10,13H,2-3,5,7,11H2,1H3/t13-/m0/s1. The second-order valence-electron chi connectivity index (χ2n) is 5.45. The SMILES string of the molecule is CCOC(=O)c1cnn([C@H]2CCCN(C(=O)c3ccco3)C2)c1. The van der Waals surface area contributed by atoms with E-state index in [-0.39, 0.29) is 17.9 Å². The van der Waals surface area contributed by atoms with Gasteiger partial charge in [-0.3, -0.25) is 9.48 Å². The van der Waals surface area contributed by atoms with Gasteiger partial charge in [0.15, 0.2) is 5.76 Å². The van der Waals surface area contributed by atoms with Gasteiger partial charge in [0.1, 0.15) is 0 Å². The summed E-state index contributed by atoms with van der Waals surface area (Å²) in [5, 5.41) is 4.25. The molecule has 1 saturated heterocycles. The van der Waals surface area contributed by atoms with Crippen LogP contribution in [0.2, 0.25) is 0 Å². The molecule has 0 saturated carbocycles. The zero-order valence-electron chi connectivity index (χ0n) is 13.0. The molecule has 7 nitrogen and oxygen atoms in total. The topological polar surface area (TPSA) is 77.6 Å². The molecule has 0 unspecified atom stereocenters. The van der Waals surface area contributed by atoms with Crippen molar-refractivity contribution in [2.24, 2.45) is 0 Å². The number of hydrogen-bond acceptors (Lipinski definition) is 5. The average molecular weight is 317 g/mol. The number of esters is 1. The molecule has 0 N–H and O–H groups in total. The lowest BCUT2D eigenvalue weighted by Gasteiger charge is -2.32. The molecule has 0 aliphatic carbocycles. The number of likely N-dealkylation sites (tertiary alicyclic amines) is 1. The molecule has 1 atom stereocenters. The van der Waals surface area contributed by atoms with E-state index in [1.54, 1.807) is 34.8 Å². The van der Waals surface area contributed by atoms with Crippen LogP contribution in [-0.4, -0.2) is 46.3 Å². The fraction of sp³-hybridized carbons (Fsp3) is 0.438. The quantitative estimate of drug-likeness (QED) is 0.807. The summed E-state index contributed by atoms with van der Waals surface area (Å²) in [6, 6.07) is 3.41. The first-order valence-corrected chi connectivity index (χ1v) is 7.73. The van der Waals surface area contributed by atoms with E-state index in [2.05, 4.69) is 5.10 Å². The molecule has 0 aromatic carbocycles. The first kappa shape index (κ1) is 15.3. The number of amides is 1. The lowest BCUT2D eigenvalue weighted by atomic mass is 10.1. The molecule has 2 aromatic heterocycles. The summed E-state index contributed by atoms with van der Waals surface area (Å²) in [6.07, 6.45) is 6.47. The Morgan fingerprint density at radius 3 is 3.09 bits per heavy atom. The highest BCUT2D eigenvalue weighted by molar-refractivity contribution is 5.91. The second kappa shape index (κ2) is 6.68. The molecule has 0 bridgehead atoms. The number of aromatic nitrogens is 2. The van der Waals surface area contributed by atoms with Crippen LogP contribution >= 0.6 is 0 Å². The third-order valence-electron chi connectivity index (χ3n) is 3.90. The van der Waals surface area contributed by atoms with E-state index in [0.29, 0.717) is 31.0 Å². The van der Waals surface area contributed by atoms with Crippen molar-refractivity contribution in [1.82, 2.24) is 14.7 Å². The van der Waals surface area contributed by atoms with E-state index in [1.165, 1.54) is 12.5 Å². The van der Waals surface area contributed by atoms with Gasteiger partial charge in [-0.25, -0.2) is 4.79 Å². The van der Waals surface area contributed by atoms with Gasteiger partial charge in [-0.2, -0.15) is 5.10 Å². The molecule has 7 heteroatoms. The normalized spacial score (nSPS) is 18.0. The van der Waals surface area contributed by atoms with E-state index >= 15 is 0 Å². The Labute approximate surface area is 133 Å². The molecular weight excluding hydrogens is 298 g/mol. The molecule has 1 aliphatic heterocycles. The number of rotatable bonds is 4. The van der Waals surface area contributed by atoms with Crippen molar-refractivity contribution in [1.29, 1.82) is 0 Å². The molecule has 0 radical (unpaired) electrons. The van der Waals surface area contributed by atoms with Crippen LogP contribution in [-0.2, 0) is 4.74 Å². The predicted molar refractivity (Wildman–Crippen MR) is 81.1 cm³/mol. The first-order valence-electron chi connectivity index (χ1n) is 7.73. The Morgan fingerprint density at radius 2 is 2.35 bits per heavy atom. The smallest absolute Gasteiger partial charge is 0.341 e. The molecule has 1 amide bonds. The summed E-state index contributed by atoms with van der Waals surface area (Å²) < 4.78 is 11.9. The van der Waals surface area contributed by atoms with Gasteiger partial charge in [0.25, 0.3) is 5.91 Å². The molecule has 1 aliphatic rings. The fourth-order valence-electron chi connectivity index (χ4n) is 2.77. The van der Waals surface area contributed by atoms with Crippen molar-refractivity contribution < 1.29 is 18.7 Å². The van der Waals surface area contributed by atoms with Crippen LogP contribution in [0.4, 0.5) is 0 Å². The van der Waals surface area contributed by atoms with Crippen LogP contribution in [0.25, 0.3) is 0 Å². The number of nitrogens with zero attached hydrogens (tertiary/aromatic N) is 3. The molecule has 3 rings (SSSR count). The van der Waals surface area contributed by atoms with Gasteiger partial charge in [-0.15, -0.1) is 0 Å². The van der Waals surface area contributed by atoms with Crippen molar-refractivity contribution in [2.75, 3.05) is 19.7 Å². The summed E-state index contributed by atoms with van der Waals surface area (Å²) in [5.41, 5.74) is 0.432. The van der Waals surface area contributed by atoms with Gasteiger partial charge in [0, 0.05) is 19.3 Å². The van der Waals surface area contributed by atoms with Crippen LogP contribution in [0.3, 0.4) is 0 Å². The summed E-state index contributed by atoms with van der Waals surface area (Å²) in [6.45, 7) is 3.34. The summed E-state index contributed by atoms with van der Waals surface area (Å²) in [7, 11) is 0. The fourth-order valence-corrected chi connectivity index (χ4v) is 2.77. The monoisotopic (exact) mass is 317 g/mol. The van der Waals surface area contributed by atoms with Crippen molar-refractivity contribution in [3.8, 4) is 0 Å². The minimum absolute atomic E-state index is 0.0471. The highest BCUT2D eigenvalue weighted by Gasteiger charge is 2.27. The van der Waals surface area contributed by atoms with Crippen LogP contribution < -0.4 is 0 Å². The Kier molecular flexibility index (Phi) is 4.45. The number of piperidine rings is 1. The third-order valence-corrected chi connectivity index (χ3v) is 3.90. The van der Waals surface area contributed by atoms with Crippen LogP contribution in [0, 0.1) is 0 Å². The van der Waals surface area contributed by atoms with Crippen molar-refractivity contribution in [2.45, 2.75) is 25.8 Å². The maximum absolute atomic E-state index is 12.4. The van der Waals surface area contributed by atoms with Crippen LogP contribution in [0.5, 0.6) is 0 Å². The Hall–Kier alpha value is -2.57. The highest BCUT2D eigenvalue weighted by atomic mass is 16.5. The molecule has 1 fully saturated rings. The highest BCUT2D eigenvalue weighted by Crippen LogP contribution is 2.23. The maximum atomic E-state index is 12.4. The first-order chi connectivity index (χ1) is 11.2. The zero-order chi connectivity index (χ0) is 16.2. The summed E-state index contributed by atoms with van der Waals surface area (Å²) in [4.78, 5) is 25.8. The lowest BCUT2D eigenvalue weighted by molar-refractivity contribution is 0.0524. The zero-order valence-corrected chi connectivity index (χ0v) is 13.0. The van der Waals surface area contributed by atoms with E-state index in [0.717, 1.165) is 12.8 Å². The lowest BCUT2D eigenvalue weighted by Crippen LogP contribution is -2.40. The molecular formula is C16H19N3O4. The Bertz CT molecular complexity index is 677. The van der Waals surface area contributed by atoms with Gasteiger partial charge >= 0.3 is 5.97 Å². The largest absolute Gasteiger partial charge is 0.462 e. The minimum atomic E-state index is -0.377. The van der Waals surface area contributed by atoms with E-state index in [4.69, 9.17) is 9.15 Å². The number of ether oxygens (including phenoxy) is 1. The van der Waals surface area contributed by atoms with E-state index in [9.17, 15) is 9.59 Å². The molecule has 3 heterocycles. The van der Waals surface area contributed by atoms with Crippen molar-refractivity contribution in [3.05, 3.63) is 42.1 Å². The minimum Gasteiger partial charge on any atom is -0.462 e. The average Bonchev–Trinajstić information content (AvgIpc) is 3.26. The Balaban J connectivity index is 1.69.